The molecule has 4 heteroatoms. The summed E-state index contributed by atoms with van der Waals surface area (Å²) in [4.78, 5) is 26.6. The second-order valence-corrected chi connectivity index (χ2v) is 6.84. The van der Waals surface area contributed by atoms with Gasteiger partial charge in [-0.3, -0.25) is 9.59 Å². The molecular weight excluding hydrogens is 312 g/mol. The fourth-order valence-corrected chi connectivity index (χ4v) is 3.97. The Morgan fingerprint density at radius 2 is 1.80 bits per heavy atom. The molecule has 1 N–H and O–H groups in total. The van der Waals surface area contributed by atoms with E-state index in [1.165, 1.54) is 16.7 Å². The zero-order valence-electron chi connectivity index (χ0n) is 14.2. The average Bonchev–Trinajstić information content (AvgIpc) is 3.09. The van der Waals surface area contributed by atoms with E-state index in [1.807, 2.05) is 29.2 Å². The lowest BCUT2D eigenvalue weighted by Gasteiger charge is -2.39. The van der Waals surface area contributed by atoms with Crippen molar-refractivity contribution in [3.8, 4) is 0 Å². The molecule has 128 valence electrons. The Morgan fingerprint density at radius 1 is 1.04 bits per heavy atom. The van der Waals surface area contributed by atoms with Gasteiger partial charge in [0.2, 0.25) is 11.8 Å². The molecule has 0 bridgehead atoms. The summed E-state index contributed by atoms with van der Waals surface area (Å²) < 4.78 is 0. The summed E-state index contributed by atoms with van der Waals surface area (Å²) in [5, 5.41) is 2.83. The van der Waals surface area contributed by atoms with Crippen LogP contribution in [0, 0.1) is 0 Å². The van der Waals surface area contributed by atoms with Crippen LogP contribution in [0.1, 0.15) is 35.6 Å². The van der Waals surface area contributed by atoms with E-state index < -0.39 is 0 Å². The van der Waals surface area contributed by atoms with Gasteiger partial charge in [0.25, 0.3) is 0 Å². The van der Waals surface area contributed by atoms with E-state index in [1.54, 1.807) is 0 Å². The largest absolute Gasteiger partial charge is 0.344 e. The van der Waals surface area contributed by atoms with Gasteiger partial charge in [-0.15, -0.1) is 0 Å². The van der Waals surface area contributed by atoms with E-state index in [2.05, 4.69) is 35.6 Å². The fraction of sp³-hybridized carbons (Fsp3) is 0.333. The Labute approximate surface area is 147 Å². The zero-order chi connectivity index (χ0) is 17.2. The molecule has 2 amide bonds. The number of benzene rings is 2. The van der Waals surface area contributed by atoms with Gasteiger partial charge in [0.1, 0.15) is 6.04 Å². The second kappa shape index (κ2) is 6.71. The highest BCUT2D eigenvalue weighted by molar-refractivity contribution is 5.91. The van der Waals surface area contributed by atoms with Crippen LogP contribution in [0.25, 0.3) is 0 Å². The lowest BCUT2D eigenvalue weighted by molar-refractivity contribution is -0.137. The molecule has 2 atom stereocenters. The van der Waals surface area contributed by atoms with Gasteiger partial charge in [-0.1, -0.05) is 54.6 Å². The number of hydrogen-bond acceptors (Lipinski definition) is 2. The summed E-state index contributed by atoms with van der Waals surface area (Å²) in [5.41, 5.74) is 3.77. The summed E-state index contributed by atoms with van der Waals surface area (Å²) in [6.45, 7) is 0.708. The lowest BCUT2D eigenvalue weighted by atomic mass is 9.88. The molecule has 25 heavy (non-hydrogen) atoms. The van der Waals surface area contributed by atoms with Crippen molar-refractivity contribution in [2.75, 3.05) is 6.54 Å². The summed E-state index contributed by atoms with van der Waals surface area (Å²) in [7, 11) is 0. The smallest absolute Gasteiger partial charge is 0.245 e. The number of carbonyl (C=O) groups is 2. The molecule has 2 aliphatic heterocycles. The molecule has 1 fully saturated rings. The summed E-state index contributed by atoms with van der Waals surface area (Å²) >= 11 is 0. The minimum atomic E-state index is -0.365. The molecule has 2 heterocycles. The van der Waals surface area contributed by atoms with Crippen LogP contribution in [0.15, 0.2) is 54.6 Å². The van der Waals surface area contributed by atoms with Crippen molar-refractivity contribution in [2.45, 2.75) is 37.8 Å². The fourth-order valence-electron chi connectivity index (χ4n) is 3.97. The maximum atomic E-state index is 13.1. The maximum Gasteiger partial charge on any atom is 0.245 e. The van der Waals surface area contributed by atoms with E-state index >= 15 is 0 Å². The normalized spacial score (nSPS) is 22.4. The average molecular weight is 334 g/mol. The van der Waals surface area contributed by atoms with E-state index in [4.69, 9.17) is 0 Å². The van der Waals surface area contributed by atoms with Gasteiger partial charge in [0.15, 0.2) is 0 Å². The number of nitrogens with zero attached hydrogens (tertiary/aromatic N) is 1. The topological polar surface area (TPSA) is 49.4 Å². The monoisotopic (exact) mass is 334 g/mol. The number of rotatable bonds is 3. The predicted molar refractivity (Wildman–Crippen MR) is 95.9 cm³/mol. The van der Waals surface area contributed by atoms with Crippen LogP contribution in [-0.4, -0.2) is 29.3 Å². The third-order valence-corrected chi connectivity index (χ3v) is 5.26. The van der Waals surface area contributed by atoms with Crippen LogP contribution in [-0.2, 0) is 22.4 Å². The first-order chi connectivity index (χ1) is 12.2. The summed E-state index contributed by atoms with van der Waals surface area (Å²) in [5.74, 6) is 0.0386. The van der Waals surface area contributed by atoms with Crippen molar-refractivity contribution in [3.05, 3.63) is 71.3 Å². The Morgan fingerprint density at radius 3 is 2.56 bits per heavy atom. The Balaban J connectivity index is 1.65. The molecule has 4 nitrogen and oxygen atoms in total. The highest BCUT2D eigenvalue weighted by atomic mass is 16.2. The van der Waals surface area contributed by atoms with Crippen molar-refractivity contribution in [1.29, 1.82) is 0 Å². The molecule has 4 rings (SSSR count). The van der Waals surface area contributed by atoms with Crippen molar-refractivity contribution < 1.29 is 9.59 Å². The zero-order valence-corrected chi connectivity index (χ0v) is 14.2. The van der Waals surface area contributed by atoms with E-state index in [0.717, 1.165) is 12.8 Å². The predicted octanol–water partition coefficient (Wildman–Crippen LogP) is 2.63. The van der Waals surface area contributed by atoms with Crippen molar-refractivity contribution >= 4 is 11.8 Å². The highest BCUT2D eigenvalue weighted by Gasteiger charge is 2.36. The van der Waals surface area contributed by atoms with Gasteiger partial charge in [-0.2, -0.15) is 0 Å². The van der Waals surface area contributed by atoms with Crippen LogP contribution >= 0.6 is 0 Å². The molecule has 0 spiro atoms. The third-order valence-electron chi connectivity index (χ3n) is 5.26. The quantitative estimate of drug-likeness (QED) is 0.938. The maximum absolute atomic E-state index is 13.1. The minimum Gasteiger partial charge on any atom is -0.344 e. The first-order valence-corrected chi connectivity index (χ1v) is 8.94. The van der Waals surface area contributed by atoms with Crippen LogP contribution in [0.5, 0.6) is 0 Å². The molecule has 0 radical (unpaired) electrons. The van der Waals surface area contributed by atoms with Crippen molar-refractivity contribution in [1.82, 2.24) is 10.2 Å². The van der Waals surface area contributed by atoms with Gasteiger partial charge in [-0.25, -0.2) is 0 Å². The van der Waals surface area contributed by atoms with Crippen LogP contribution in [0.2, 0.25) is 0 Å². The van der Waals surface area contributed by atoms with E-state index in [-0.39, 0.29) is 23.9 Å². The van der Waals surface area contributed by atoms with Gasteiger partial charge >= 0.3 is 0 Å². The first-order valence-electron chi connectivity index (χ1n) is 8.94. The number of fused-ring (bicyclic) bond motifs is 1. The van der Waals surface area contributed by atoms with Crippen LogP contribution in [0.4, 0.5) is 0 Å². The summed E-state index contributed by atoms with van der Waals surface area (Å²) in [6, 6.07) is 18.4. The van der Waals surface area contributed by atoms with E-state index in [0.29, 0.717) is 19.4 Å². The van der Waals surface area contributed by atoms with Gasteiger partial charge in [-0.05, 0) is 36.0 Å². The molecule has 2 aromatic carbocycles. The highest BCUT2D eigenvalue weighted by Crippen LogP contribution is 2.33. The Bertz CT molecular complexity index is 787. The van der Waals surface area contributed by atoms with Gasteiger partial charge in [0.05, 0.1) is 6.04 Å². The Hall–Kier alpha value is -2.62. The summed E-state index contributed by atoms with van der Waals surface area (Å²) in [6.07, 6.45) is 2.72. The van der Waals surface area contributed by atoms with Crippen LogP contribution < -0.4 is 5.32 Å². The number of nitrogens with one attached hydrogen (secondary N) is 1. The third kappa shape index (κ3) is 3.16. The molecule has 0 aliphatic carbocycles. The number of hydrogen-bond donors (Lipinski definition) is 1. The molecule has 2 aliphatic rings. The van der Waals surface area contributed by atoms with Crippen molar-refractivity contribution in [3.63, 3.8) is 0 Å². The SMILES string of the molecule is O=C1CC[C@@H](C(=O)N2CCc3ccccc3[C@H]2Cc2ccccc2)N1. The molecule has 2 aromatic rings. The molecule has 1 saturated heterocycles. The van der Waals surface area contributed by atoms with Crippen LogP contribution in [0.3, 0.4) is 0 Å². The molecular formula is C21H22N2O2. The van der Waals surface area contributed by atoms with Gasteiger partial charge in [0, 0.05) is 13.0 Å². The number of amides is 2. The standard InChI is InChI=1S/C21H22N2O2/c24-20-11-10-18(22-20)21(25)23-13-12-16-8-4-5-9-17(16)19(23)14-15-6-2-1-3-7-15/h1-9,18-19H,10-14H2,(H,22,24)/t18-,19+/m0/s1. The first kappa shape index (κ1) is 15.9. The Kier molecular flexibility index (Phi) is 4.26. The molecule has 0 unspecified atom stereocenters. The number of carbonyl (C=O) groups excluding carboxylic acids is 2. The van der Waals surface area contributed by atoms with E-state index in [9.17, 15) is 9.59 Å². The van der Waals surface area contributed by atoms with Gasteiger partial charge < -0.3 is 10.2 Å². The van der Waals surface area contributed by atoms with Crippen molar-refractivity contribution in [2.24, 2.45) is 0 Å². The second-order valence-electron chi connectivity index (χ2n) is 6.84. The lowest BCUT2D eigenvalue weighted by Crippen LogP contribution is -2.49. The molecule has 0 saturated carbocycles. The minimum absolute atomic E-state index is 0.0182. The molecule has 0 aromatic heterocycles.